The van der Waals surface area contributed by atoms with Crippen LogP contribution in [-0.4, -0.2) is 16.4 Å². The number of fused-ring (bicyclic) bond motifs is 2. The van der Waals surface area contributed by atoms with Crippen molar-refractivity contribution in [3.63, 3.8) is 0 Å². The molecule has 2 bridgehead atoms. The first-order valence-electron chi connectivity index (χ1n) is 4.10. The highest BCUT2D eigenvalue weighted by Crippen LogP contribution is 2.16. The van der Waals surface area contributed by atoms with E-state index in [1.165, 1.54) is 10.6 Å². The molecule has 0 spiro atoms. The second-order valence-corrected chi connectivity index (χ2v) is 2.93. The molecule has 1 amide bonds. The topological polar surface area (TPSA) is 65.1 Å². The van der Waals surface area contributed by atoms with Crippen LogP contribution in [0.3, 0.4) is 0 Å². The summed E-state index contributed by atoms with van der Waals surface area (Å²) < 4.78 is 1.51. The second-order valence-electron chi connectivity index (χ2n) is 2.93. The van der Waals surface area contributed by atoms with Crippen LogP contribution < -0.4 is 5.73 Å². The third-order valence-corrected chi connectivity index (χ3v) is 1.98. The number of allylic oxidation sites excluding steroid dienone is 1. The zero-order chi connectivity index (χ0) is 10.1. The van der Waals surface area contributed by atoms with Gasteiger partial charge >= 0.3 is 0 Å². The summed E-state index contributed by atoms with van der Waals surface area (Å²) in [5.41, 5.74) is 6.52. The number of aromatic nitrogens is 1. The Morgan fingerprint density at radius 2 is 1.57 bits per heavy atom. The van der Waals surface area contributed by atoms with Crippen molar-refractivity contribution < 1.29 is 9.59 Å². The van der Waals surface area contributed by atoms with Crippen LogP contribution in [0.4, 0.5) is 0 Å². The van der Waals surface area contributed by atoms with E-state index in [1.807, 2.05) is 24.3 Å². The Labute approximate surface area is 79.9 Å². The highest BCUT2D eigenvalue weighted by Gasteiger charge is 2.08. The highest BCUT2D eigenvalue weighted by molar-refractivity contribution is 6.02. The van der Waals surface area contributed by atoms with E-state index in [1.54, 1.807) is 0 Å². The fraction of sp³-hybridized carbons (Fsp3) is 0. The van der Waals surface area contributed by atoms with Crippen LogP contribution in [0.5, 0.6) is 0 Å². The number of carbonyl (C=O) groups excluding carboxylic acids is 2. The zero-order valence-corrected chi connectivity index (χ0v) is 7.31. The standard InChI is InChI=1S/C10H8N2O2/c11-9(13)5-6-10(14)12-7-1-2-8(12)4-3-7/h1-6H,(H2,11,13)/b6-5+. The summed E-state index contributed by atoms with van der Waals surface area (Å²) in [4.78, 5) is 21.9. The molecule has 0 saturated heterocycles. The Balaban J connectivity index is 2.33. The lowest BCUT2D eigenvalue weighted by Crippen LogP contribution is -2.09. The molecule has 4 heteroatoms. The second kappa shape index (κ2) is 2.99. The average Bonchev–Trinajstić information content (AvgIpc) is 2.73. The minimum atomic E-state index is -0.624. The smallest absolute Gasteiger partial charge is 0.255 e. The summed E-state index contributed by atoms with van der Waals surface area (Å²) in [6.07, 6.45) is 2.23. The number of benzene rings is 1. The van der Waals surface area contributed by atoms with Crippen LogP contribution in [0.2, 0.25) is 0 Å². The largest absolute Gasteiger partial charge is 0.366 e. The molecule has 0 fully saturated rings. The third-order valence-electron chi connectivity index (χ3n) is 1.98. The number of carbonyl (C=O) groups is 2. The maximum Gasteiger partial charge on any atom is 0.255 e. The Hall–Kier alpha value is -2.10. The van der Waals surface area contributed by atoms with Crippen molar-refractivity contribution in [2.45, 2.75) is 0 Å². The molecule has 0 aromatic carbocycles. The molecule has 0 unspecified atom stereocenters. The van der Waals surface area contributed by atoms with E-state index in [0.717, 1.165) is 17.1 Å². The van der Waals surface area contributed by atoms with Crippen molar-refractivity contribution in [3.05, 3.63) is 36.4 Å². The summed E-state index contributed by atoms with van der Waals surface area (Å²) >= 11 is 0. The minimum absolute atomic E-state index is 0.260. The molecule has 0 atom stereocenters. The summed E-state index contributed by atoms with van der Waals surface area (Å²) in [6.45, 7) is 0. The van der Waals surface area contributed by atoms with Crippen LogP contribution in [0.25, 0.3) is 11.0 Å². The minimum Gasteiger partial charge on any atom is -0.366 e. The van der Waals surface area contributed by atoms with Gasteiger partial charge in [-0.1, -0.05) is 0 Å². The number of nitrogens with zero attached hydrogens (tertiary/aromatic N) is 1. The van der Waals surface area contributed by atoms with Gasteiger partial charge in [-0.25, -0.2) is 0 Å². The molecule has 2 aromatic heterocycles. The van der Waals surface area contributed by atoms with Gasteiger partial charge in [0, 0.05) is 23.2 Å². The van der Waals surface area contributed by atoms with E-state index in [9.17, 15) is 9.59 Å². The van der Waals surface area contributed by atoms with Gasteiger partial charge in [0.1, 0.15) is 0 Å². The Bertz CT molecular complexity index is 462. The van der Waals surface area contributed by atoms with Crippen LogP contribution in [-0.2, 0) is 4.79 Å². The van der Waals surface area contributed by atoms with E-state index in [-0.39, 0.29) is 5.91 Å². The predicted octanol–water partition coefficient (Wildman–Crippen LogP) is 0.761. The maximum atomic E-state index is 11.5. The lowest BCUT2D eigenvalue weighted by atomic mass is 10.4. The summed E-state index contributed by atoms with van der Waals surface area (Å²) in [7, 11) is 0. The van der Waals surface area contributed by atoms with Crippen molar-refractivity contribution in [1.29, 1.82) is 0 Å². The van der Waals surface area contributed by atoms with E-state index < -0.39 is 5.91 Å². The van der Waals surface area contributed by atoms with E-state index in [0.29, 0.717) is 0 Å². The van der Waals surface area contributed by atoms with Crippen molar-refractivity contribution >= 4 is 22.8 Å². The average molecular weight is 188 g/mol. The van der Waals surface area contributed by atoms with Crippen molar-refractivity contribution in [2.75, 3.05) is 0 Å². The first kappa shape index (κ1) is 8.50. The van der Waals surface area contributed by atoms with Gasteiger partial charge in [-0.05, 0) is 24.3 Å². The third kappa shape index (κ3) is 1.26. The number of nitrogens with two attached hydrogens (primary N) is 1. The number of rotatable bonds is 2. The van der Waals surface area contributed by atoms with E-state index in [2.05, 4.69) is 0 Å². The summed E-state index contributed by atoms with van der Waals surface area (Å²) in [6, 6.07) is 7.35. The van der Waals surface area contributed by atoms with Gasteiger partial charge in [0.25, 0.3) is 5.91 Å². The summed E-state index contributed by atoms with van der Waals surface area (Å²) in [5, 5.41) is 0. The molecule has 0 aliphatic carbocycles. The molecule has 0 aliphatic heterocycles. The van der Waals surface area contributed by atoms with Gasteiger partial charge in [-0.2, -0.15) is 0 Å². The quantitative estimate of drug-likeness (QED) is 0.707. The molecule has 0 saturated carbocycles. The Morgan fingerprint density at radius 1 is 1.07 bits per heavy atom. The number of hydrogen-bond donors (Lipinski definition) is 1. The van der Waals surface area contributed by atoms with Crippen LogP contribution in [0, 0.1) is 0 Å². The summed E-state index contributed by atoms with van der Waals surface area (Å²) in [5.74, 6) is -0.885. The van der Waals surface area contributed by atoms with Crippen molar-refractivity contribution in [3.8, 4) is 0 Å². The molecule has 4 nitrogen and oxygen atoms in total. The van der Waals surface area contributed by atoms with Gasteiger partial charge in [-0.3, -0.25) is 14.2 Å². The molecule has 2 aromatic rings. The molecule has 2 rings (SSSR count). The molecule has 2 heterocycles. The normalized spacial score (nSPS) is 11.4. The van der Waals surface area contributed by atoms with E-state index >= 15 is 0 Å². The lowest BCUT2D eigenvalue weighted by molar-refractivity contribution is -0.113. The number of primary amides is 1. The molecule has 0 aliphatic rings. The van der Waals surface area contributed by atoms with Gasteiger partial charge in [0.2, 0.25) is 5.91 Å². The highest BCUT2D eigenvalue weighted by atomic mass is 16.2. The molecular weight excluding hydrogens is 180 g/mol. The SMILES string of the molecule is NC(=O)/C=C/C(=O)n1c2ccc1cc2. The van der Waals surface area contributed by atoms with Crippen molar-refractivity contribution in [1.82, 2.24) is 4.57 Å². The van der Waals surface area contributed by atoms with Crippen LogP contribution in [0.15, 0.2) is 36.4 Å². The Kier molecular flexibility index (Phi) is 1.81. The lowest BCUT2D eigenvalue weighted by Gasteiger charge is -1.95. The fourth-order valence-electron chi connectivity index (χ4n) is 1.38. The fourth-order valence-corrected chi connectivity index (χ4v) is 1.38. The predicted molar refractivity (Wildman–Crippen MR) is 52.1 cm³/mol. The van der Waals surface area contributed by atoms with Gasteiger partial charge in [-0.15, -0.1) is 0 Å². The molecule has 70 valence electrons. The number of hydrogen-bond acceptors (Lipinski definition) is 2. The van der Waals surface area contributed by atoms with Crippen molar-refractivity contribution in [2.24, 2.45) is 5.73 Å². The first-order valence-corrected chi connectivity index (χ1v) is 4.10. The zero-order valence-electron chi connectivity index (χ0n) is 7.31. The monoisotopic (exact) mass is 188 g/mol. The molecule has 0 radical (unpaired) electrons. The maximum absolute atomic E-state index is 11.5. The molecule has 2 N–H and O–H groups in total. The number of amides is 1. The van der Waals surface area contributed by atoms with Crippen LogP contribution in [0.1, 0.15) is 4.79 Å². The Morgan fingerprint density at radius 3 is 2.00 bits per heavy atom. The van der Waals surface area contributed by atoms with Gasteiger partial charge < -0.3 is 5.73 Å². The molecule has 14 heavy (non-hydrogen) atoms. The van der Waals surface area contributed by atoms with Crippen LogP contribution >= 0.6 is 0 Å². The molecular formula is C10H8N2O2. The van der Waals surface area contributed by atoms with Gasteiger partial charge in [0.15, 0.2) is 0 Å². The van der Waals surface area contributed by atoms with Gasteiger partial charge in [0.05, 0.1) is 0 Å². The van der Waals surface area contributed by atoms with E-state index in [4.69, 9.17) is 5.73 Å². The first-order chi connectivity index (χ1) is 6.68.